The van der Waals surface area contributed by atoms with Gasteiger partial charge in [-0.2, -0.15) is 0 Å². The van der Waals surface area contributed by atoms with Gasteiger partial charge < -0.3 is 10.1 Å². The van der Waals surface area contributed by atoms with Crippen molar-refractivity contribution < 1.29 is 4.74 Å². The van der Waals surface area contributed by atoms with Crippen molar-refractivity contribution >= 4 is 0 Å². The van der Waals surface area contributed by atoms with Gasteiger partial charge in [-0.3, -0.25) is 0 Å². The summed E-state index contributed by atoms with van der Waals surface area (Å²) < 4.78 is 5.51. The van der Waals surface area contributed by atoms with Crippen LogP contribution in [0.25, 0.3) is 0 Å². The van der Waals surface area contributed by atoms with Gasteiger partial charge in [-0.25, -0.2) is 0 Å². The van der Waals surface area contributed by atoms with Crippen LogP contribution in [0.1, 0.15) is 60.3 Å². The molecular weight excluding hydrogens is 234 g/mol. The molecule has 0 aromatic heterocycles. The highest BCUT2D eigenvalue weighted by Gasteiger charge is 2.18. The number of nitrogens with one attached hydrogen (secondary N) is 1. The zero-order valence-electron chi connectivity index (χ0n) is 13.3. The van der Waals surface area contributed by atoms with Crippen LogP contribution >= 0.6 is 0 Å². The van der Waals surface area contributed by atoms with E-state index in [-0.39, 0.29) is 0 Å². The largest absolute Gasteiger partial charge is 0.375 e. The van der Waals surface area contributed by atoms with Gasteiger partial charge in [0.1, 0.15) is 0 Å². The van der Waals surface area contributed by atoms with E-state index in [9.17, 15) is 0 Å². The predicted octanol–water partition coefficient (Wildman–Crippen LogP) is 4.94. The third-order valence-corrected chi connectivity index (χ3v) is 3.13. The van der Waals surface area contributed by atoms with E-state index in [1.54, 1.807) is 0 Å². The first kappa shape index (κ1) is 18.0. The van der Waals surface area contributed by atoms with Gasteiger partial charge >= 0.3 is 0 Å². The Labute approximate surface area is 119 Å². The molecule has 0 aliphatic carbocycles. The molecule has 0 unspecified atom stereocenters. The maximum absolute atomic E-state index is 5.51. The summed E-state index contributed by atoms with van der Waals surface area (Å²) in [6.07, 6.45) is 11.9. The molecule has 2 nitrogen and oxygen atoms in total. The lowest BCUT2D eigenvalue weighted by Crippen LogP contribution is -2.05. The average molecular weight is 265 g/mol. The fourth-order valence-corrected chi connectivity index (χ4v) is 1.94. The molecule has 2 rings (SSSR count). The molecule has 1 fully saturated rings. The number of dihydropyridines is 1. The van der Waals surface area contributed by atoms with Crippen LogP contribution in [0.15, 0.2) is 36.2 Å². The highest BCUT2D eigenvalue weighted by molar-refractivity contribution is 5.30. The third kappa shape index (κ3) is 7.89. The van der Waals surface area contributed by atoms with Crippen molar-refractivity contribution in [2.24, 2.45) is 0 Å². The van der Waals surface area contributed by atoms with Crippen molar-refractivity contribution in [2.45, 2.75) is 72.5 Å². The Hall–Kier alpha value is -1.02. The van der Waals surface area contributed by atoms with E-state index in [4.69, 9.17) is 4.74 Å². The molecular formula is C17H31NO. The lowest BCUT2D eigenvalue weighted by Gasteiger charge is -2.07. The van der Waals surface area contributed by atoms with E-state index >= 15 is 0 Å². The summed E-state index contributed by atoms with van der Waals surface area (Å²) >= 11 is 0. The molecule has 2 aliphatic heterocycles. The van der Waals surface area contributed by atoms with Crippen molar-refractivity contribution in [3.8, 4) is 0 Å². The molecule has 0 bridgehead atoms. The van der Waals surface area contributed by atoms with Crippen LogP contribution in [-0.2, 0) is 4.74 Å². The first-order valence-electron chi connectivity index (χ1n) is 7.55. The molecule has 2 heteroatoms. The number of hydrogen-bond acceptors (Lipinski definition) is 2. The zero-order chi connectivity index (χ0) is 14.7. The molecule has 2 aliphatic rings. The summed E-state index contributed by atoms with van der Waals surface area (Å²) in [6, 6.07) is 0. The van der Waals surface area contributed by atoms with Crippen LogP contribution in [0.2, 0.25) is 0 Å². The molecule has 0 amide bonds. The normalized spacial score (nSPS) is 24.2. The van der Waals surface area contributed by atoms with Crippen molar-refractivity contribution in [1.29, 1.82) is 0 Å². The summed E-state index contributed by atoms with van der Waals surface area (Å²) in [7, 11) is 0. The smallest absolute Gasteiger partial charge is 0.0577 e. The second-order valence-electron chi connectivity index (χ2n) is 4.78. The highest BCUT2D eigenvalue weighted by atomic mass is 16.5. The molecule has 0 saturated carbocycles. The minimum absolute atomic E-state index is 0.528. The Bertz CT molecular complexity index is 304. The first-order chi connectivity index (χ1) is 9.13. The lowest BCUT2D eigenvalue weighted by molar-refractivity contribution is 0.0540. The standard InChI is InChI=1S/C8H11N.C7H14O.C2H6/c1-7(2)8-4-3-5-9-6-8;1-3-7-5-4-6(2)8-7;1-2/h3,5-6,9H,1,4H2,2H3;6-7H,3-5H2,1-2H3;1-2H3/t;6-,7+;/m.0./s1. The van der Waals surface area contributed by atoms with Crippen LogP contribution in [-0.4, -0.2) is 12.2 Å². The van der Waals surface area contributed by atoms with Gasteiger partial charge in [0.25, 0.3) is 0 Å². The third-order valence-electron chi connectivity index (χ3n) is 3.13. The molecule has 0 radical (unpaired) electrons. The van der Waals surface area contributed by atoms with Gasteiger partial charge in [-0.05, 0) is 51.3 Å². The molecule has 19 heavy (non-hydrogen) atoms. The second-order valence-corrected chi connectivity index (χ2v) is 4.78. The minimum Gasteiger partial charge on any atom is -0.375 e. The Kier molecular flexibility index (Phi) is 10.3. The summed E-state index contributed by atoms with van der Waals surface area (Å²) in [4.78, 5) is 0. The van der Waals surface area contributed by atoms with Crippen molar-refractivity contribution in [2.75, 3.05) is 0 Å². The van der Waals surface area contributed by atoms with Gasteiger partial charge in [0.05, 0.1) is 12.2 Å². The van der Waals surface area contributed by atoms with Crippen LogP contribution in [0, 0.1) is 0 Å². The molecule has 0 spiro atoms. The maximum Gasteiger partial charge on any atom is 0.0577 e. The van der Waals surface area contributed by atoms with Crippen molar-refractivity contribution in [3.63, 3.8) is 0 Å². The summed E-state index contributed by atoms with van der Waals surface area (Å²) in [5.74, 6) is 0. The Balaban J connectivity index is 0.000000303. The molecule has 1 N–H and O–H groups in total. The van der Waals surface area contributed by atoms with Crippen LogP contribution in [0.4, 0.5) is 0 Å². The van der Waals surface area contributed by atoms with E-state index in [0.717, 1.165) is 12.0 Å². The molecule has 0 aromatic rings. The summed E-state index contributed by atoms with van der Waals surface area (Å²) in [5, 5.41) is 3.01. The molecule has 0 aromatic carbocycles. The SMILES string of the molecule is C=C(C)C1=CNC=CC1.CC.CC[C@@H]1CC[C@H](C)O1. The van der Waals surface area contributed by atoms with Crippen LogP contribution in [0.5, 0.6) is 0 Å². The van der Waals surface area contributed by atoms with E-state index < -0.39 is 0 Å². The topological polar surface area (TPSA) is 21.3 Å². The zero-order valence-corrected chi connectivity index (χ0v) is 13.3. The fourth-order valence-electron chi connectivity index (χ4n) is 1.94. The summed E-state index contributed by atoms with van der Waals surface area (Å²) in [5.41, 5.74) is 2.43. The quantitative estimate of drug-likeness (QED) is 0.763. The van der Waals surface area contributed by atoms with Crippen molar-refractivity contribution in [1.82, 2.24) is 5.32 Å². The Morgan fingerprint density at radius 3 is 2.37 bits per heavy atom. The van der Waals surface area contributed by atoms with Gasteiger partial charge in [0.2, 0.25) is 0 Å². The lowest BCUT2D eigenvalue weighted by atomic mass is 10.1. The maximum atomic E-state index is 5.51. The molecule has 2 atom stereocenters. The van der Waals surface area contributed by atoms with Gasteiger partial charge in [0, 0.05) is 6.20 Å². The van der Waals surface area contributed by atoms with E-state index in [1.165, 1.54) is 24.8 Å². The Morgan fingerprint density at radius 1 is 1.42 bits per heavy atom. The highest BCUT2D eigenvalue weighted by Crippen LogP contribution is 2.20. The van der Waals surface area contributed by atoms with Crippen LogP contribution in [0.3, 0.4) is 0 Å². The van der Waals surface area contributed by atoms with E-state index in [1.807, 2.05) is 33.2 Å². The van der Waals surface area contributed by atoms with Gasteiger partial charge in [-0.1, -0.05) is 39.0 Å². The number of ether oxygens (including phenoxy) is 1. The fraction of sp³-hybridized carbons (Fsp3) is 0.647. The Morgan fingerprint density at radius 2 is 2.11 bits per heavy atom. The number of allylic oxidation sites excluding steroid dienone is 3. The van der Waals surface area contributed by atoms with Crippen molar-refractivity contribution in [3.05, 3.63) is 36.2 Å². The monoisotopic (exact) mass is 265 g/mol. The van der Waals surface area contributed by atoms with Gasteiger partial charge in [-0.15, -0.1) is 0 Å². The average Bonchev–Trinajstić information content (AvgIpc) is 2.88. The number of hydrogen-bond donors (Lipinski definition) is 1. The summed E-state index contributed by atoms with van der Waals surface area (Å²) in [6.45, 7) is 14.2. The number of rotatable bonds is 2. The second kappa shape index (κ2) is 10.9. The molecule has 110 valence electrons. The van der Waals surface area contributed by atoms with Crippen LogP contribution < -0.4 is 5.32 Å². The van der Waals surface area contributed by atoms with Gasteiger partial charge in [0.15, 0.2) is 0 Å². The minimum atomic E-state index is 0.528. The van der Waals surface area contributed by atoms with E-state index in [2.05, 4.69) is 31.8 Å². The first-order valence-corrected chi connectivity index (χ1v) is 7.55. The van der Waals surface area contributed by atoms with E-state index in [0.29, 0.717) is 12.2 Å². The molecule has 2 heterocycles. The predicted molar refractivity (Wildman–Crippen MR) is 85.0 cm³/mol. The molecule has 1 saturated heterocycles.